The summed E-state index contributed by atoms with van der Waals surface area (Å²) in [4.78, 5) is 16.3. The van der Waals surface area contributed by atoms with Crippen molar-refractivity contribution in [2.45, 2.75) is 19.4 Å². The molecular weight excluding hydrogens is 433 g/mol. The molecule has 0 aliphatic carbocycles. The van der Waals surface area contributed by atoms with Gasteiger partial charge in [0.1, 0.15) is 5.75 Å². The van der Waals surface area contributed by atoms with Gasteiger partial charge in [0.05, 0.1) is 6.61 Å². The topological polar surface area (TPSA) is 58.8 Å². The Bertz CT molecular complexity index is 862. The molecule has 0 radical (unpaired) electrons. The van der Waals surface area contributed by atoms with Crippen LogP contribution in [0.15, 0.2) is 48.5 Å². The summed E-state index contributed by atoms with van der Waals surface area (Å²) in [5.74, 6) is 1.84. The Balaban J connectivity index is 0.00000171. The van der Waals surface area contributed by atoms with Gasteiger partial charge in [-0.05, 0) is 67.6 Å². The zero-order valence-electron chi connectivity index (χ0n) is 18.2. The number of carbonyl (C=O) groups excluding carboxylic acids is 1. The second kappa shape index (κ2) is 11.2. The molecule has 31 heavy (non-hydrogen) atoms. The molecule has 5 nitrogen and oxygen atoms in total. The Morgan fingerprint density at radius 2 is 1.77 bits per heavy atom. The summed E-state index contributed by atoms with van der Waals surface area (Å²) >= 11 is 0. The van der Waals surface area contributed by atoms with Gasteiger partial charge in [-0.2, -0.15) is 0 Å². The number of hydrogen-bond donors (Lipinski definition) is 1. The third-order valence-electron chi connectivity index (χ3n) is 6.50. The van der Waals surface area contributed by atoms with E-state index in [0.717, 1.165) is 24.6 Å². The smallest absolute Gasteiger partial charge is 0.248 e. The molecule has 2 aliphatic heterocycles. The number of nitrogens with two attached hydrogens (primary N) is 1. The lowest BCUT2D eigenvalue weighted by atomic mass is 9.88. The predicted octanol–water partition coefficient (Wildman–Crippen LogP) is 3.94. The van der Waals surface area contributed by atoms with E-state index in [0.29, 0.717) is 24.1 Å². The summed E-state index contributed by atoms with van der Waals surface area (Å²) in [6, 6.07) is 16.4. The fourth-order valence-corrected chi connectivity index (χ4v) is 5.11. The fourth-order valence-electron chi connectivity index (χ4n) is 5.11. The van der Waals surface area contributed by atoms with Gasteiger partial charge in [0.15, 0.2) is 0 Å². The largest absolute Gasteiger partial charge is 0.494 e. The lowest BCUT2D eigenvalue weighted by Crippen LogP contribution is -2.30. The number of primary amides is 1. The second-order valence-electron chi connectivity index (χ2n) is 8.52. The number of likely N-dealkylation sites (tertiary alicyclic amines) is 2. The number of aryl methyl sites for hydroxylation is 1. The molecule has 0 spiro atoms. The van der Waals surface area contributed by atoms with Crippen molar-refractivity contribution in [2.24, 2.45) is 17.6 Å². The number of nitrogens with zero attached hydrogens (tertiary/aromatic N) is 2. The third kappa shape index (κ3) is 5.72. The first-order valence-corrected chi connectivity index (χ1v) is 10.5. The van der Waals surface area contributed by atoms with E-state index in [-0.39, 0.29) is 24.8 Å². The van der Waals surface area contributed by atoms with Crippen molar-refractivity contribution in [1.82, 2.24) is 9.80 Å². The molecule has 170 valence electrons. The van der Waals surface area contributed by atoms with Crippen LogP contribution in [0.3, 0.4) is 0 Å². The molecule has 2 heterocycles. The van der Waals surface area contributed by atoms with Crippen LogP contribution in [0.25, 0.3) is 0 Å². The van der Waals surface area contributed by atoms with Gasteiger partial charge in [-0.1, -0.05) is 24.3 Å². The van der Waals surface area contributed by atoms with E-state index in [1.165, 1.54) is 30.8 Å². The molecule has 2 aliphatic rings. The van der Waals surface area contributed by atoms with Crippen molar-refractivity contribution in [1.29, 1.82) is 0 Å². The predicted molar refractivity (Wildman–Crippen MR) is 130 cm³/mol. The summed E-state index contributed by atoms with van der Waals surface area (Å²) < 4.78 is 5.83. The van der Waals surface area contributed by atoms with Gasteiger partial charge in [0.25, 0.3) is 0 Å². The van der Waals surface area contributed by atoms with Crippen LogP contribution >= 0.6 is 24.8 Å². The number of amides is 1. The van der Waals surface area contributed by atoms with Crippen LogP contribution in [0.1, 0.15) is 33.9 Å². The Labute approximate surface area is 197 Å². The SMILES string of the molecule is Cc1ccccc1[C@@H]1[C@@H]2CN(CCCOc3ccc(C(N)=O)cc3)C[C@@H]2CN1C.Cl.Cl. The van der Waals surface area contributed by atoms with Crippen molar-refractivity contribution < 1.29 is 9.53 Å². The summed E-state index contributed by atoms with van der Waals surface area (Å²) in [5, 5.41) is 0. The molecule has 2 N–H and O–H groups in total. The summed E-state index contributed by atoms with van der Waals surface area (Å²) in [5.41, 5.74) is 8.67. The van der Waals surface area contributed by atoms with E-state index in [2.05, 4.69) is 48.0 Å². The van der Waals surface area contributed by atoms with Crippen LogP contribution in [0.2, 0.25) is 0 Å². The Morgan fingerprint density at radius 3 is 2.45 bits per heavy atom. The molecular formula is C24H33Cl2N3O2. The molecule has 0 unspecified atom stereocenters. The van der Waals surface area contributed by atoms with Gasteiger partial charge >= 0.3 is 0 Å². The van der Waals surface area contributed by atoms with Crippen molar-refractivity contribution >= 4 is 30.7 Å². The number of carbonyl (C=O) groups is 1. The zero-order valence-corrected chi connectivity index (χ0v) is 19.8. The minimum absolute atomic E-state index is 0. The minimum Gasteiger partial charge on any atom is -0.494 e. The van der Waals surface area contributed by atoms with Crippen LogP contribution in [-0.4, -0.2) is 55.5 Å². The highest BCUT2D eigenvalue weighted by atomic mass is 35.5. The van der Waals surface area contributed by atoms with E-state index < -0.39 is 5.91 Å². The summed E-state index contributed by atoms with van der Waals surface area (Å²) in [6.07, 6.45) is 1.00. The van der Waals surface area contributed by atoms with Crippen LogP contribution < -0.4 is 10.5 Å². The average molecular weight is 466 g/mol. The van der Waals surface area contributed by atoms with Gasteiger partial charge in [0, 0.05) is 37.8 Å². The fraction of sp³-hybridized carbons (Fsp3) is 0.458. The molecule has 2 aromatic rings. The number of halogens is 2. The number of fused-ring (bicyclic) bond motifs is 1. The quantitative estimate of drug-likeness (QED) is 0.628. The Hall–Kier alpha value is -1.79. The van der Waals surface area contributed by atoms with E-state index in [1.807, 2.05) is 12.1 Å². The van der Waals surface area contributed by atoms with Crippen molar-refractivity contribution in [3.8, 4) is 5.75 Å². The van der Waals surface area contributed by atoms with Gasteiger partial charge in [-0.25, -0.2) is 0 Å². The number of rotatable bonds is 7. The minimum atomic E-state index is -0.411. The van der Waals surface area contributed by atoms with Crippen molar-refractivity contribution in [3.05, 3.63) is 65.2 Å². The van der Waals surface area contributed by atoms with E-state index >= 15 is 0 Å². The van der Waals surface area contributed by atoms with Gasteiger partial charge in [-0.3, -0.25) is 9.69 Å². The molecule has 1 amide bonds. The molecule has 7 heteroatoms. The molecule has 3 atom stereocenters. The highest BCUT2D eigenvalue weighted by Gasteiger charge is 2.46. The summed E-state index contributed by atoms with van der Waals surface area (Å²) in [6.45, 7) is 7.52. The maximum absolute atomic E-state index is 11.1. The van der Waals surface area contributed by atoms with E-state index in [9.17, 15) is 4.79 Å². The van der Waals surface area contributed by atoms with Gasteiger partial charge < -0.3 is 15.4 Å². The summed E-state index contributed by atoms with van der Waals surface area (Å²) in [7, 11) is 2.27. The number of ether oxygens (including phenoxy) is 1. The van der Waals surface area contributed by atoms with Crippen LogP contribution in [0.4, 0.5) is 0 Å². The Morgan fingerprint density at radius 1 is 1.06 bits per heavy atom. The average Bonchev–Trinajstić information content (AvgIpc) is 3.22. The lowest BCUT2D eigenvalue weighted by molar-refractivity contribution is 0.1000. The highest BCUT2D eigenvalue weighted by molar-refractivity contribution is 5.92. The molecule has 2 fully saturated rings. The first-order chi connectivity index (χ1) is 14.0. The van der Waals surface area contributed by atoms with Crippen molar-refractivity contribution in [3.63, 3.8) is 0 Å². The molecule has 0 saturated carbocycles. The maximum atomic E-state index is 11.1. The first kappa shape index (κ1) is 25.5. The normalized spacial score (nSPS) is 23.0. The second-order valence-corrected chi connectivity index (χ2v) is 8.52. The third-order valence-corrected chi connectivity index (χ3v) is 6.50. The lowest BCUT2D eigenvalue weighted by Gasteiger charge is -2.28. The van der Waals surface area contributed by atoms with Gasteiger partial charge in [0.2, 0.25) is 5.91 Å². The highest BCUT2D eigenvalue weighted by Crippen LogP contribution is 2.44. The van der Waals surface area contributed by atoms with Crippen molar-refractivity contribution in [2.75, 3.05) is 39.8 Å². The molecule has 4 rings (SSSR count). The van der Waals surface area contributed by atoms with Crippen LogP contribution in [0, 0.1) is 18.8 Å². The Kier molecular flexibility index (Phi) is 9.19. The molecule has 2 aromatic carbocycles. The van der Waals surface area contributed by atoms with E-state index in [1.54, 1.807) is 12.1 Å². The molecule has 0 bridgehead atoms. The molecule has 0 aromatic heterocycles. The zero-order chi connectivity index (χ0) is 20.4. The maximum Gasteiger partial charge on any atom is 0.248 e. The first-order valence-electron chi connectivity index (χ1n) is 10.5. The van der Waals surface area contributed by atoms with Crippen LogP contribution in [-0.2, 0) is 0 Å². The van der Waals surface area contributed by atoms with E-state index in [4.69, 9.17) is 10.5 Å². The van der Waals surface area contributed by atoms with Crippen LogP contribution in [0.5, 0.6) is 5.75 Å². The standard InChI is InChI=1S/C24H31N3O2.2ClH/c1-17-6-3-4-7-21(17)23-22-16-27(15-19(22)14-26(23)2)12-5-13-29-20-10-8-18(9-11-20)24(25)28;;/h3-4,6-11,19,22-23H,5,12-16H2,1-2H3,(H2,25,28);2*1H/t19-,22+,23+;;/m0../s1. The van der Waals surface area contributed by atoms with Gasteiger partial charge in [-0.15, -0.1) is 24.8 Å². The number of benzene rings is 2. The molecule has 2 saturated heterocycles. The number of hydrogen-bond acceptors (Lipinski definition) is 4. The monoisotopic (exact) mass is 465 g/mol.